The number of nitrogens with one attached hydrogen (secondary N) is 1. The molecule has 1 saturated heterocycles. The van der Waals surface area contributed by atoms with Gasteiger partial charge in [0.15, 0.2) is 6.73 Å². The van der Waals surface area contributed by atoms with E-state index >= 15 is 0 Å². The number of hydrogen-bond acceptors (Lipinski definition) is 4. The van der Waals surface area contributed by atoms with Crippen LogP contribution in [0, 0.1) is 5.92 Å². The molecule has 0 aromatic heterocycles. The van der Waals surface area contributed by atoms with Crippen LogP contribution in [0.2, 0.25) is 0 Å². The molecule has 1 aliphatic carbocycles. The molecule has 1 saturated carbocycles. The van der Waals surface area contributed by atoms with Gasteiger partial charge in [-0.25, -0.2) is 0 Å². The lowest BCUT2D eigenvalue weighted by Gasteiger charge is -2.33. The van der Waals surface area contributed by atoms with E-state index in [9.17, 15) is 9.59 Å². The molecular formula is C19H24N2O3. The van der Waals surface area contributed by atoms with Gasteiger partial charge in [0, 0.05) is 6.92 Å². The summed E-state index contributed by atoms with van der Waals surface area (Å²) in [4.78, 5) is 26.1. The first-order valence-corrected chi connectivity index (χ1v) is 8.90. The van der Waals surface area contributed by atoms with Crippen LogP contribution < -0.4 is 10.2 Å². The van der Waals surface area contributed by atoms with E-state index in [0.717, 1.165) is 49.5 Å². The largest absolute Gasteiger partial charge is 0.444 e. The van der Waals surface area contributed by atoms with Gasteiger partial charge in [0.25, 0.3) is 0 Å². The molecule has 5 heteroatoms. The van der Waals surface area contributed by atoms with Crippen molar-refractivity contribution in [2.45, 2.75) is 44.4 Å². The lowest BCUT2D eigenvalue weighted by Crippen LogP contribution is -2.47. The number of esters is 1. The van der Waals surface area contributed by atoms with Crippen LogP contribution in [0.25, 0.3) is 0 Å². The summed E-state index contributed by atoms with van der Waals surface area (Å²) in [6.45, 7) is 3.08. The lowest BCUT2D eigenvalue weighted by atomic mass is 9.73. The van der Waals surface area contributed by atoms with E-state index in [0.29, 0.717) is 0 Å². The van der Waals surface area contributed by atoms with Crippen LogP contribution in [-0.2, 0) is 26.2 Å². The minimum atomic E-state index is -0.444. The Kier molecular flexibility index (Phi) is 3.83. The zero-order valence-corrected chi connectivity index (χ0v) is 14.1. The van der Waals surface area contributed by atoms with Crippen LogP contribution >= 0.6 is 0 Å². The molecule has 1 amide bonds. The van der Waals surface area contributed by atoms with E-state index in [4.69, 9.17) is 4.74 Å². The molecule has 1 N–H and O–H groups in total. The molecule has 1 aromatic carbocycles. The number of amides is 1. The second-order valence-corrected chi connectivity index (χ2v) is 7.33. The number of fused-ring (bicyclic) bond motifs is 2. The molecule has 4 rings (SSSR count). The predicted molar refractivity (Wildman–Crippen MR) is 90.8 cm³/mol. The fourth-order valence-corrected chi connectivity index (χ4v) is 4.09. The van der Waals surface area contributed by atoms with E-state index in [1.54, 1.807) is 4.90 Å². The molecule has 0 atom stereocenters. The molecular weight excluding hydrogens is 304 g/mol. The molecule has 5 nitrogen and oxygen atoms in total. The first-order valence-electron chi connectivity index (χ1n) is 8.90. The van der Waals surface area contributed by atoms with Crippen LogP contribution in [-0.4, -0.2) is 31.7 Å². The predicted octanol–water partition coefficient (Wildman–Crippen LogP) is 2.13. The van der Waals surface area contributed by atoms with Gasteiger partial charge in [0.05, 0.1) is 11.1 Å². The van der Waals surface area contributed by atoms with E-state index in [2.05, 4.69) is 17.4 Å². The maximum atomic E-state index is 13.2. The zero-order chi connectivity index (χ0) is 16.7. The van der Waals surface area contributed by atoms with Crippen LogP contribution in [0.15, 0.2) is 18.2 Å². The van der Waals surface area contributed by atoms with Gasteiger partial charge in [-0.1, -0.05) is 12.1 Å². The van der Waals surface area contributed by atoms with Crippen molar-refractivity contribution in [2.24, 2.45) is 5.92 Å². The highest BCUT2D eigenvalue weighted by molar-refractivity contribution is 6.08. The van der Waals surface area contributed by atoms with Gasteiger partial charge in [-0.2, -0.15) is 0 Å². The number of carbonyl (C=O) groups excluding carboxylic acids is 2. The summed E-state index contributed by atoms with van der Waals surface area (Å²) in [5, 5.41) is 3.35. The van der Waals surface area contributed by atoms with Crippen molar-refractivity contribution in [1.29, 1.82) is 0 Å². The summed E-state index contributed by atoms with van der Waals surface area (Å²) in [6, 6.07) is 6.42. The van der Waals surface area contributed by atoms with Crippen molar-refractivity contribution in [2.75, 3.05) is 24.7 Å². The molecule has 1 aromatic rings. The second kappa shape index (κ2) is 5.88. The Balaban J connectivity index is 1.71. The maximum Gasteiger partial charge on any atom is 0.304 e. The van der Waals surface area contributed by atoms with Gasteiger partial charge in [-0.05, 0) is 68.3 Å². The molecule has 128 valence electrons. The van der Waals surface area contributed by atoms with E-state index < -0.39 is 5.41 Å². The zero-order valence-electron chi connectivity index (χ0n) is 14.1. The first-order chi connectivity index (χ1) is 11.6. The quantitative estimate of drug-likeness (QED) is 0.860. The number of piperidine rings is 1. The number of benzene rings is 1. The maximum absolute atomic E-state index is 13.2. The lowest BCUT2D eigenvalue weighted by molar-refractivity contribution is -0.141. The Morgan fingerprint density at radius 3 is 2.75 bits per heavy atom. The third-order valence-electron chi connectivity index (χ3n) is 5.60. The number of hydrogen-bond donors (Lipinski definition) is 1. The normalized spacial score (nSPS) is 21.9. The van der Waals surface area contributed by atoms with E-state index in [1.165, 1.54) is 25.3 Å². The summed E-state index contributed by atoms with van der Waals surface area (Å²) < 4.78 is 5.14. The van der Waals surface area contributed by atoms with Crippen molar-refractivity contribution in [3.05, 3.63) is 29.3 Å². The van der Waals surface area contributed by atoms with Crippen molar-refractivity contribution < 1.29 is 14.3 Å². The second-order valence-electron chi connectivity index (χ2n) is 7.33. The molecule has 0 unspecified atom stereocenters. The summed E-state index contributed by atoms with van der Waals surface area (Å²) in [5.41, 5.74) is 2.94. The van der Waals surface area contributed by atoms with Gasteiger partial charge < -0.3 is 10.1 Å². The van der Waals surface area contributed by atoms with Crippen molar-refractivity contribution in [3.63, 3.8) is 0 Å². The van der Waals surface area contributed by atoms with Gasteiger partial charge in [-0.3, -0.25) is 14.5 Å². The molecule has 0 bridgehead atoms. The van der Waals surface area contributed by atoms with Crippen LogP contribution in [0.4, 0.5) is 5.69 Å². The average molecular weight is 328 g/mol. The topological polar surface area (TPSA) is 58.6 Å². The summed E-state index contributed by atoms with van der Waals surface area (Å²) in [5.74, 6) is 0.547. The SMILES string of the molecule is CC(=O)OCN1C(=O)C2(CCNCC2)c2cc(CC3CC3)ccc21. The Bertz CT molecular complexity index is 675. The van der Waals surface area contributed by atoms with Gasteiger partial charge in [-0.15, -0.1) is 0 Å². The van der Waals surface area contributed by atoms with Gasteiger partial charge in [0.1, 0.15) is 0 Å². The summed E-state index contributed by atoms with van der Waals surface area (Å²) >= 11 is 0. The van der Waals surface area contributed by atoms with Crippen molar-refractivity contribution >= 4 is 17.6 Å². The molecule has 3 aliphatic rings. The monoisotopic (exact) mass is 328 g/mol. The van der Waals surface area contributed by atoms with Crippen molar-refractivity contribution in [1.82, 2.24) is 5.32 Å². The van der Waals surface area contributed by atoms with Crippen LogP contribution in [0.1, 0.15) is 43.7 Å². The number of rotatable bonds is 4. The molecule has 2 fully saturated rings. The molecule has 1 spiro atoms. The Hall–Kier alpha value is -1.88. The third-order valence-corrected chi connectivity index (χ3v) is 5.60. The molecule has 24 heavy (non-hydrogen) atoms. The molecule has 2 aliphatic heterocycles. The fraction of sp³-hybridized carbons (Fsp3) is 0.579. The Labute approximate surface area is 142 Å². The minimum absolute atomic E-state index is 0.0122. The number of carbonyl (C=O) groups is 2. The highest BCUT2D eigenvalue weighted by Crippen LogP contribution is 2.48. The molecule has 0 radical (unpaired) electrons. The standard InChI is InChI=1S/C19H24N2O3/c1-13(22)24-12-21-17-5-4-15(10-14-2-3-14)11-16(17)19(18(21)23)6-8-20-9-7-19/h4-5,11,14,20H,2-3,6-10,12H2,1H3. The number of anilines is 1. The summed E-state index contributed by atoms with van der Waals surface area (Å²) in [7, 11) is 0. The molecule has 2 heterocycles. The van der Waals surface area contributed by atoms with E-state index in [-0.39, 0.29) is 18.6 Å². The van der Waals surface area contributed by atoms with Gasteiger partial charge >= 0.3 is 5.97 Å². The smallest absolute Gasteiger partial charge is 0.304 e. The highest BCUT2D eigenvalue weighted by Gasteiger charge is 2.51. The third kappa shape index (κ3) is 2.61. The Morgan fingerprint density at radius 1 is 1.33 bits per heavy atom. The summed E-state index contributed by atoms with van der Waals surface area (Å²) in [6.07, 6.45) is 5.37. The highest BCUT2D eigenvalue weighted by atomic mass is 16.5. The number of ether oxygens (including phenoxy) is 1. The average Bonchev–Trinajstić information content (AvgIpc) is 3.36. The van der Waals surface area contributed by atoms with Crippen LogP contribution in [0.3, 0.4) is 0 Å². The fourth-order valence-electron chi connectivity index (χ4n) is 4.09. The first kappa shape index (κ1) is 15.6. The van der Waals surface area contributed by atoms with Crippen molar-refractivity contribution in [3.8, 4) is 0 Å². The number of nitrogens with zero attached hydrogens (tertiary/aromatic N) is 1. The van der Waals surface area contributed by atoms with E-state index in [1.807, 2.05) is 6.07 Å². The minimum Gasteiger partial charge on any atom is -0.444 e. The van der Waals surface area contributed by atoms with Crippen LogP contribution in [0.5, 0.6) is 0 Å². The van der Waals surface area contributed by atoms with Gasteiger partial charge in [0.2, 0.25) is 5.91 Å². The Morgan fingerprint density at radius 2 is 2.08 bits per heavy atom.